The number of aromatic nitrogens is 3. The van der Waals surface area contributed by atoms with Crippen LogP contribution >= 0.6 is 11.3 Å². The lowest BCUT2D eigenvalue weighted by Crippen LogP contribution is -2.60. The van der Waals surface area contributed by atoms with Gasteiger partial charge in [-0.05, 0) is 156 Å². The number of amidine groups is 2. The number of rotatable bonds is 14. The number of thiazole rings is 1. The number of nitrogens with two attached hydrogens (primary N) is 1. The maximum atomic E-state index is 10.7. The van der Waals surface area contributed by atoms with Crippen LogP contribution in [0, 0.1) is 34.0 Å². The summed E-state index contributed by atoms with van der Waals surface area (Å²) in [5.41, 5.74) is 12.8. The highest BCUT2D eigenvalue weighted by molar-refractivity contribution is 7.22. The molecule has 58 heavy (non-hydrogen) atoms. The third-order valence-electron chi connectivity index (χ3n) is 13.7. The Morgan fingerprint density at radius 3 is 2.50 bits per heavy atom. The quantitative estimate of drug-likeness (QED) is 0.0364. The van der Waals surface area contributed by atoms with Crippen molar-refractivity contribution in [2.75, 3.05) is 26.2 Å². The molecule has 0 amide bonds. The molecule has 1 saturated heterocycles. The number of nitrogens with one attached hydrogen (secondary N) is 3. The lowest BCUT2D eigenvalue weighted by Gasteiger charge is -2.70. The number of fused-ring (bicyclic) bond motifs is 1. The Hall–Kier alpha value is -4.46. The van der Waals surface area contributed by atoms with Gasteiger partial charge in [0.25, 0.3) is 5.95 Å². The summed E-state index contributed by atoms with van der Waals surface area (Å²) in [7, 11) is 0. The molecule has 2 atom stereocenters. The van der Waals surface area contributed by atoms with Crippen molar-refractivity contribution in [3.63, 3.8) is 0 Å². The van der Waals surface area contributed by atoms with Gasteiger partial charge in [0.2, 0.25) is 5.13 Å². The minimum absolute atomic E-state index is 0.172. The molecule has 310 valence electrons. The number of unbranched alkanes of at least 4 members (excludes halogenated alkanes) is 1. The van der Waals surface area contributed by atoms with Crippen LogP contribution in [0.5, 0.6) is 0 Å². The average molecular weight is 808 g/mol. The summed E-state index contributed by atoms with van der Waals surface area (Å²) < 4.78 is 3.22. The topological polar surface area (TPSA) is 181 Å². The molecular formula is C45H61N9O3S. The van der Waals surface area contributed by atoms with Gasteiger partial charge in [-0.15, -0.1) is 0 Å². The van der Waals surface area contributed by atoms with E-state index in [9.17, 15) is 15.6 Å². The molecule has 6 aliphatic rings. The van der Waals surface area contributed by atoms with Crippen LogP contribution in [0.4, 0.5) is 5.13 Å². The van der Waals surface area contributed by atoms with Crippen LogP contribution < -0.4 is 16.4 Å². The van der Waals surface area contributed by atoms with E-state index >= 15 is 0 Å². The average Bonchev–Trinajstić information content (AvgIpc) is 3.74. The number of hydrogen-bond donors (Lipinski definition) is 7. The lowest BCUT2D eigenvalue weighted by atomic mass is 9.35. The number of benzene rings is 1. The molecule has 4 heterocycles. The number of para-hydroxylation sites is 1. The molecule has 13 heteroatoms. The first kappa shape index (κ1) is 40.3. The fraction of sp³-hybridized carbons (Fsp3) is 0.556. The van der Waals surface area contributed by atoms with Crippen LogP contribution in [0.15, 0.2) is 76.2 Å². The Balaban J connectivity index is 1.00. The van der Waals surface area contributed by atoms with Gasteiger partial charge >= 0.3 is 0 Å². The Bertz CT molecular complexity index is 2190. The molecule has 8 N–H and O–H groups in total. The van der Waals surface area contributed by atoms with Crippen molar-refractivity contribution in [2.45, 2.75) is 111 Å². The molecule has 12 nitrogen and oxygen atoms in total. The molecule has 4 aliphatic carbocycles. The number of aliphatic hydroxyl groups is 3. The molecule has 2 unspecified atom stereocenters. The number of aliphatic imine (C=N–C) groups is 1. The predicted molar refractivity (Wildman–Crippen MR) is 233 cm³/mol. The molecule has 5 fully saturated rings. The van der Waals surface area contributed by atoms with Crippen molar-refractivity contribution in [2.24, 2.45) is 32.4 Å². The smallest absolute Gasteiger partial charge is 0.299 e. The number of likely N-dealkylation sites (tertiary alicyclic amines) is 1. The first-order valence-electron chi connectivity index (χ1n) is 21.2. The molecule has 9 rings (SSSR count). The van der Waals surface area contributed by atoms with E-state index in [0.29, 0.717) is 57.4 Å². The van der Waals surface area contributed by atoms with Crippen molar-refractivity contribution < 1.29 is 15.3 Å². The third kappa shape index (κ3) is 7.85. The number of allylic oxidation sites excluding steroid dienone is 3. The Labute approximate surface area is 346 Å². The van der Waals surface area contributed by atoms with Crippen molar-refractivity contribution in [1.82, 2.24) is 30.3 Å². The molecule has 3 aromatic rings. The molecule has 2 aliphatic heterocycles. The monoisotopic (exact) mass is 807 g/mol. The van der Waals surface area contributed by atoms with E-state index in [1.165, 1.54) is 62.7 Å². The van der Waals surface area contributed by atoms with E-state index in [1.807, 2.05) is 54.4 Å². The fourth-order valence-corrected chi connectivity index (χ4v) is 13.4. The first-order chi connectivity index (χ1) is 27.7. The summed E-state index contributed by atoms with van der Waals surface area (Å²) in [6, 6.07) is 7.89. The summed E-state index contributed by atoms with van der Waals surface area (Å²) in [5, 5.41) is 52.2. The van der Waals surface area contributed by atoms with Gasteiger partial charge in [-0.25, -0.2) is 9.98 Å². The highest BCUT2D eigenvalue weighted by atomic mass is 32.1. The summed E-state index contributed by atoms with van der Waals surface area (Å²) in [4.78, 5) is 11.1. The summed E-state index contributed by atoms with van der Waals surface area (Å²) in [6.45, 7) is 12.8. The number of aliphatic hydroxyl groups excluding tert-OH is 2. The van der Waals surface area contributed by atoms with Gasteiger partial charge in [-0.3, -0.25) is 10.1 Å². The predicted octanol–water partition coefficient (Wildman–Crippen LogP) is 8.50. The van der Waals surface area contributed by atoms with Gasteiger partial charge < -0.3 is 36.6 Å². The lowest BCUT2D eigenvalue weighted by molar-refractivity contribution is -0.197. The highest BCUT2D eigenvalue weighted by Crippen LogP contribution is 2.75. The zero-order valence-corrected chi connectivity index (χ0v) is 35.4. The molecular weight excluding hydrogens is 747 g/mol. The van der Waals surface area contributed by atoms with Crippen molar-refractivity contribution in [1.29, 1.82) is 5.41 Å². The molecule has 4 saturated carbocycles. The SMILES string of the molecule is CC(=C1\CCCN(C2=CC=C(c3cnn(CC45CC6(C)CC(C)(CC(CCCNCCCCO)(C6)C4)C5)c3C)C(=C(O)O)N2)C1=N)/C(N)=N\c1nc2ccccc2s1. The van der Waals surface area contributed by atoms with Crippen LogP contribution in [0.25, 0.3) is 15.8 Å². The van der Waals surface area contributed by atoms with Gasteiger partial charge in [-0.2, -0.15) is 5.10 Å². The zero-order chi connectivity index (χ0) is 40.9. The standard InChI is InChI=1S/C45H61N9O3S/c1-29(38(46)52-41-50-34-12-5-6-13-35(34)58-41)31-11-9-19-53(39(31)47)36-15-14-32(37(51-36)40(56)57)33-21-49-54(30(33)2)28-45-25-42(3)22-43(4,26-45)24-44(23-42,27-45)16-10-18-48-17-7-8-20-55/h5-6,12-15,21,47-48,51,55-57H,7-11,16-20,22-28H2,1-4H3,(H2,46,50,52)/b31-29-,47-39?. The minimum atomic E-state index is -0.807. The summed E-state index contributed by atoms with van der Waals surface area (Å²) >= 11 is 1.48. The number of nitrogens with zero attached hydrogens (tertiary/aromatic N) is 5. The van der Waals surface area contributed by atoms with E-state index in [0.717, 1.165) is 71.5 Å². The second kappa shape index (κ2) is 15.6. The van der Waals surface area contributed by atoms with E-state index in [2.05, 4.69) is 46.1 Å². The third-order valence-corrected chi connectivity index (χ3v) is 14.6. The van der Waals surface area contributed by atoms with Gasteiger partial charge in [0.15, 0.2) is 0 Å². The van der Waals surface area contributed by atoms with Gasteiger partial charge in [0.1, 0.15) is 23.2 Å². The minimum Gasteiger partial charge on any atom is -0.480 e. The van der Waals surface area contributed by atoms with Gasteiger partial charge in [0.05, 0.1) is 16.4 Å². The normalized spacial score (nSPS) is 29.2. The molecule has 0 spiro atoms. The Kier molecular flexibility index (Phi) is 10.9. The summed E-state index contributed by atoms with van der Waals surface area (Å²) in [5.74, 6) is 0.410. The van der Waals surface area contributed by atoms with Crippen molar-refractivity contribution >= 4 is 43.9 Å². The largest absolute Gasteiger partial charge is 0.480 e. The fourth-order valence-electron chi connectivity index (χ4n) is 12.6. The second-order valence-corrected chi connectivity index (χ2v) is 19.9. The molecule has 1 aromatic carbocycles. The number of piperidine rings is 1. The van der Waals surface area contributed by atoms with E-state index in [4.69, 9.17) is 15.9 Å². The van der Waals surface area contributed by atoms with E-state index in [1.54, 1.807) is 0 Å². The van der Waals surface area contributed by atoms with Crippen LogP contribution in [-0.4, -0.2) is 72.9 Å². The van der Waals surface area contributed by atoms with Crippen molar-refractivity contribution in [3.05, 3.63) is 82.5 Å². The number of dihydropyridines is 1. The maximum Gasteiger partial charge on any atom is 0.299 e. The van der Waals surface area contributed by atoms with Crippen LogP contribution in [0.1, 0.15) is 109 Å². The second-order valence-electron chi connectivity index (χ2n) is 18.9. The Morgan fingerprint density at radius 2 is 1.76 bits per heavy atom. The van der Waals surface area contributed by atoms with Crippen LogP contribution in [0.3, 0.4) is 0 Å². The Morgan fingerprint density at radius 1 is 1.02 bits per heavy atom. The highest BCUT2D eigenvalue weighted by Gasteiger charge is 2.65. The van der Waals surface area contributed by atoms with Crippen LogP contribution in [-0.2, 0) is 6.54 Å². The zero-order valence-electron chi connectivity index (χ0n) is 34.6. The van der Waals surface area contributed by atoms with E-state index < -0.39 is 5.95 Å². The van der Waals surface area contributed by atoms with E-state index in [-0.39, 0.29) is 17.7 Å². The van der Waals surface area contributed by atoms with Crippen molar-refractivity contribution in [3.8, 4) is 0 Å². The molecule has 4 bridgehead atoms. The molecule has 0 radical (unpaired) electrons. The first-order valence-corrected chi connectivity index (χ1v) is 22.0. The molecule has 2 aromatic heterocycles. The van der Waals surface area contributed by atoms with Crippen LogP contribution in [0.2, 0.25) is 0 Å². The number of hydrogen-bond acceptors (Lipinski definition) is 10. The van der Waals surface area contributed by atoms with Gasteiger partial charge in [0, 0.05) is 42.1 Å². The van der Waals surface area contributed by atoms with Gasteiger partial charge in [-0.1, -0.05) is 37.3 Å². The summed E-state index contributed by atoms with van der Waals surface area (Å²) in [6.07, 6.45) is 19.1. The maximum absolute atomic E-state index is 10.7.